The van der Waals surface area contributed by atoms with Gasteiger partial charge in [-0.3, -0.25) is 0 Å². The molecular weight excluding hydrogens is 246 g/mol. The Bertz CT molecular complexity index is 425. The third-order valence-electron chi connectivity index (χ3n) is 2.79. The standard InChI is InChI=1S/C14H19NO4/c1-2-3-4-5-6-15-12-8-10(13(16)17)7-11(9-12)14(18)19/h7-9,15H,2-6H2,1H3,(H,16,17)(H,18,19). The second-order valence-corrected chi connectivity index (χ2v) is 4.40. The molecule has 0 heterocycles. The molecule has 0 saturated heterocycles. The van der Waals surface area contributed by atoms with Crippen LogP contribution in [0.3, 0.4) is 0 Å². The minimum atomic E-state index is -1.13. The highest BCUT2D eigenvalue weighted by atomic mass is 16.4. The van der Waals surface area contributed by atoms with Gasteiger partial charge in [-0.15, -0.1) is 0 Å². The largest absolute Gasteiger partial charge is 0.478 e. The van der Waals surface area contributed by atoms with Gasteiger partial charge in [0, 0.05) is 12.2 Å². The number of hydrogen-bond donors (Lipinski definition) is 3. The molecule has 0 aliphatic carbocycles. The van der Waals surface area contributed by atoms with E-state index in [1.165, 1.54) is 12.1 Å². The van der Waals surface area contributed by atoms with E-state index in [4.69, 9.17) is 10.2 Å². The molecule has 0 fully saturated rings. The first-order chi connectivity index (χ1) is 9.04. The first-order valence-corrected chi connectivity index (χ1v) is 6.40. The number of carboxylic acid groups (broad SMARTS) is 2. The van der Waals surface area contributed by atoms with Crippen LogP contribution in [-0.4, -0.2) is 28.7 Å². The van der Waals surface area contributed by atoms with Crippen LogP contribution in [0.4, 0.5) is 5.69 Å². The lowest BCUT2D eigenvalue weighted by Crippen LogP contribution is -2.07. The summed E-state index contributed by atoms with van der Waals surface area (Å²) in [7, 11) is 0. The van der Waals surface area contributed by atoms with Gasteiger partial charge in [-0.25, -0.2) is 9.59 Å². The average molecular weight is 265 g/mol. The van der Waals surface area contributed by atoms with Crippen LogP contribution in [0.2, 0.25) is 0 Å². The van der Waals surface area contributed by atoms with Gasteiger partial charge in [-0.2, -0.15) is 0 Å². The van der Waals surface area contributed by atoms with E-state index in [-0.39, 0.29) is 11.1 Å². The van der Waals surface area contributed by atoms with E-state index in [0.717, 1.165) is 31.7 Å². The number of unbranched alkanes of at least 4 members (excludes halogenated alkanes) is 3. The Balaban J connectivity index is 2.71. The average Bonchev–Trinajstić information content (AvgIpc) is 2.38. The molecule has 0 spiro atoms. The van der Waals surface area contributed by atoms with Gasteiger partial charge in [0.1, 0.15) is 0 Å². The Morgan fingerprint density at radius 2 is 1.58 bits per heavy atom. The third kappa shape index (κ3) is 4.99. The van der Waals surface area contributed by atoms with Crippen LogP contribution in [0, 0.1) is 0 Å². The van der Waals surface area contributed by atoms with Crippen LogP contribution in [-0.2, 0) is 0 Å². The maximum absolute atomic E-state index is 10.9. The Kier molecular flexibility index (Phi) is 5.85. The molecule has 0 radical (unpaired) electrons. The van der Waals surface area contributed by atoms with Crippen molar-refractivity contribution in [1.82, 2.24) is 0 Å². The van der Waals surface area contributed by atoms with Gasteiger partial charge >= 0.3 is 11.9 Å². The van der Waals surface area contributed by atoms with Crippen molar-refractivity contribution in [2.45, 2.75) is 32.6 Å². The Labute approximate surface area is 112 Å². The van der Waals surface area contributed by atoms with Crippen molar-refractivity contribution < 1.29 is 19.8 Å². The van der Waals surface area contributed by atoms with Gasteiger partial charge in [-0.1, -0.05) is 26.2 Å². The van der Waals surface area contributed by atoms with E-state index < -0.39 is 11.9 Å². The summed E-state index contributed by atoms with van der Waals surface area (Å²) in [5.74, 6) is -2.26. The minimum absolute atomic E-state index is 0.0176. The number of carboxylic acids is 2. The number of benzene rings is 1. The van der Waals surface area contributed by atoms with Gasteiger partial charge in [0.05, 0.1) is 11.1 Å². The van der Waals surface area contributed by atoms with Crippen molar-refractivity contribution in [3.8, 4) is 0 Å². The molecule has 0 unspecified atom stereocenters. The maximum Gasteiger partial charge on any atom is 0.335 e. The number of carbonyl (C=O) groups is 2. The molecule has 0 aliphatic rings. The van der Waals surface area contributed by atoms with E-state index in [0.29, 0.717) is 12.2 Å². The van der Waals surface area contributed by atoms with Crippen molar-refractivity contribution >= 4 is 17.6 Å². The molecule has 0 amide bonds. The first-order valence-electron chi connectivity index (χ1n) is 6.40. The smallest absolute Gasteiger partial charge is 0.335 e. The molecule has 1 rings (SSSR count). The number of nitrogens with one attached hydrogen (secondary N) is 1. The summed E-state index contributed by atoms with van der Waals surface area (Å²) in [4.78, 5) is 21.8. The van der Waals surface area contributed by atoms with Gasteiger partial charge in [0.15, 0.2) is 0 Å². The molecular formula is C14H19NO4. The zero-order valence-corrected chi connectivity index (χ0v) is 11.0. The summed E-state index contributed by atoms with van der Waals surface area (Å²) < 4.78 is 0. The van der Waals surface area contributed by atoms with E-state index in [2.05, 4.69) is 12.2 Å². The second-order valence-electron chi connectivity index (χ2n) is 4.40. The summed E-state index contributed by atoms with van der Waals surface area (Å²) >= 11 is 0. The highest BCUT2D eigenvalue weighted by Crippen LogP contribution is 2.16. The lowest BCUT2D eigenvalue weighted by atomic mass is 10.1. The van der Waals surface area contributed by atoms with Crippen LogP contribution in [0.25, 0.3) is 0 Å². The number of aromatic carboxylic acids is 2. The molecule has 1 aromatic rings. The number of rotatable bonds is 8. The van der Waals surface area contributed by atoms with Gasteiger partial charge in [-0.05, 0) is 24.6 Å². The molecule has 5 heteroatoms. The van der Waals surface area contributed by atoms with E-state index in [9.17, 15) is 9.59 Å². The normalized spacial score (nSPS) is 10.2. The summed E-state index contributed by atoms with van der Waals surface area (Å²) in [6, 6.07) is 4.07. The van der Waals surface area contributed by atoms with E-state index in [1.54, 1.807) is 0 Å². The molecule has 104 valence electrons. The fraction of sp³-hybridized carbons (Fsp3) is 0.429. The molecule has 0 bridgehead atoms. The Morgan fingerprint density at radius 1 is 1.00 bits per heavy atom. The zero-order chi connectivity index (χ0) is 14.3. The van der Waals surface area contributed by atoms with E-state index >= 15 is 0 Å². The predicted octanol–water partition coefficient (Wildman–Crippen LogP) is 3.08. The number of anilines is 1. The topological polar surface area (TPSA) is 86.6 Å². The Hall–Kier alpha value is -2.04. The minimum Gasteiger partial charge on any atom is -0.478 e. The Morgan fingerprint density at radius 3 is 2.05 bits per heavy atom. The lowest BCUT2D eigenvalue weighted by molar-refractivity contribution is 0.0696. The second kappa shape index (κ2) is 7.41. The molecule has 0 aromatic heterocycles. The summed E-state index contributed by atoms with van der Waals surface area (Å²) in [6.07, 6.45) is 4.40. The van der Waals surface area contributed by atoms with Crippen LogP contribution in [0.5, 0.6) is 0 Å². The molecule has 0 saturated carbocycles. The quantitative estimate of drug-likeness (QED) is 0.629. The van der Waals surface area contributed by atoms with Crippen molar-refractivity contribution in [3.05, 3.63) is 29.3 Å². The van der Waals surface area contributed by atoms with Crippen molar-refractivity contribution in [2.24, 2.45) is 0 Å². The highest BCUT2D eigenvalue weighted by molar-refractivity contribution is 5.95. The molecule has 0 aliphatic heterocycles. The fourth-order valence-corrected chi connectivity index (χ4v) is 1.76. The van der Waals surface area contributed by atoms with Crippen molar-refractivity contribution in [1.29, 1.82) is 0 Å². The zero-order valence-electron chi connectivity index (χ0n) is 11.0. The van der Waals surface area contributed by atoms with Crippen LogP contribution in [0.15, 0.2) is 18.2 Å². The van der Waals surface area contributed by atoms with Gasteiger partial charge in [0.2, 0.25) is 0 Å². The summed E-state index contributed by atoms with van der Waals surface area (Å²) in [5.41, 5.74) is 0.501. The van der Waals surface area contributed by atoms with Crippen LogP contribution < -0.4 is 5.32 Å². The molecule has 5 nitrogen and oxygen atoms in total. The SMILES string of the molecule is CCCCCCNc1cc(C(=O)O)cc(C(=O)O)c1. The molecule has 19 heavy (non-hydrogen) atoms. The van der Waals surface area contributed by atoms with Gasteiger partial charge in [0.25, 0.3) is 0 Å². The highest BCUT2D eigenvalue weighted by Gasteiger charge is 2.11. The fourth-order valence-electron chi connectivity index (χ4n) is 1.76. The number of hydrogen-bond acceptors (Lipinski definition) is 3. The third-order valence-corrected chi connectivity index (χ3v) is 2.79. The predicted molar refractivity (Wildman–Crippen MR) is 73.0 cm³/mol. The molecule has 3 N–H and O–H groups in total. The lowest BCUT2D eigenvalue weighted by Gasteiger charge is -2.08. The van der Waals surface area contributed by atoms with Crippen molar-refractivity contribution in [2.75, 3.05) is 11.9 Å². The van der Waals surface area contributed by atoms with Crippen LogP contribution in [0.1, 0.15) is 53.3 Å². The summed E-state index contributed by atoms with van der Waals surface area (Å²) in [6.45, 7) is 2.84. The summed E-state index contributed by atoms with van der Waals surface area (Å²) in [5, 5.41) is 20.9. The van der Waals surface area contributed by atoms with Crippen LogP contribution >= 0.6 is 0 Å². The monoisotopic (exact) mass is 265 g/mol. The van der Waals surface area contributed by atoms with Gasteiger partial charge < -0.3 is 15.5 Å². The maximum atomic E-state index is 10.9. The van der Waals surface area contributed by atoms with E-state index in [1.807, 2.05) is 0 Å². The molecule has 1 aromatic carbocycles. The van der Waals surface area contributed by atoms with Crippen molar-refractivity contribution in [3.63, 3.8) is 0 Å². The molecule has 0 atom stereocenters. The first kappa shape index (κ1) is 15.0.